The monoisotopic (exact) mass is 273 g/mol. The fourth-order valence-electron chi connectivity index (χ4n) is 2.32. The maximum absolute atomic E-state index is 11.8. The van der Waals surface area contributed by atoms with Crippen LogP contribution in [0.3, 0.4) is 0 Å². The average molecular weight is 273 g/mol. The fraction of sp³-hybridized carbons (Fsp3) is 0.833. The van der Waals surface area contributed by atoms with Gasteiger partial charge in [0.1, 0.15) is 6.10 Å². The van der Waals surface area contributed by atoms with Gasteiger partial charge in [0.05, 0.1) is 26.4 Å². The van der Waals surface area contributed by atoms with Crippen LogP contribution in [-0.4, -0.2) is 61.3 Å². The Morgan fingerprint density at radius 3 is 2.58 bits per heavy atom. The second-order valence-corrected chi connectivity index (χ2v) is 4.93. The third-order valence-corrected chi connectivity index (χ3v) is 3.19. The van der Waals surface area contributed by atoms with Gasteiger partial charge in [-0.25, -0.2) is 9.59 Å². The van der Waals surface area contributed by atoms with Crippen LogP contribution >= 0.6 is 0 Å². The maximum atomic E-state index is 11.8. The van der Waals surface area contributed by atoms with E-state index in [-0.39, 0.29) is 18.8 Å². The van der Waals surface area contributed by atoms with Crippen molar-refractivity contribution in [2.75, 3.05) is 20.3 Å². The van der Waals surface area contributed by atoms with E-state index in [0.29, 0.717) is 6.61 Å². The highest BCUT2D eigenvalue weighted by Crippen LogP contribution is 2.39. The van der Waals surface area contributed by atoms with Crippen LogP contribution in [-0.2, 0) is 23.7 Å². The van der Waals surface area contributed by atoms with Crippen LogP contribution in [0.15, 0.2) is 0 Å². The first-order valence-corrected chi connectivity index (χ1v) is 6.26. The van der Waals surface area contributed by atoms with Crippen LogP contribution < -0.4 is 0 Å². The lowest BCUT2D eigenvalue weighted by molar-refractivity contribution is -0.143. The Kier molecular flexibility index (Phi) is 3.69. The van der Waals surface area contributed by atoms with Crippen molar-refractivity contribution in [3.63, 3.8) is 0 Å². The molecule has 7 heteroatoms. The molecule has 19 heavy (non-hydrogen) atoms. The minimum absolute atomic E-state index is 0.253. The zero-order valence-electron chi connectivity index (χ0n) is 11.5. The molecule has 0 N–H and O–H groups in total. The minimum atomic E-state index is -0.700. The molecule has 0 bridgehead atoms. The van der Waals surface area contributed by atoms with Crippen molar-refractivity contribution in [3.05, 3.63) is 0 Å². The molecule has 0 aromatic rings. The Hall–Kier alpha value is -1.34. The lowest BCUT2D eigenvalue weighted by Gasteiger charge is -2.16. The van der Waals surface area contributed by atoms with E-state index in [2.05, 4.69) is 4.74 Å². The van der Waals surface area contributed by atoms with Crippen molar-refractivity contribution in [3.8, 4) is 0 Å². The largest absolute Gasteiger partial charge is 0.467 e. The molecule has 2 heterocycles. The number of esters is 1. The molecular formula is C12H19NO6. The summed E-state index contributed by atoms with van der Waals surface area (Å²) in [4.78, 5) is 24.8. The highest BCUT2D eigenvalue weighted by atomic mass is 16.7. The summed E-state index contributed by atoms with van der Waals surface area (Å²) in [6.45, 7) is 5.88. The van der Waals surface area contributed by atoms with Crippen molar-refractivity contribution in [2.45, 2.75) is 44.7 Å². The minimum Gasteiger partial charge on any atom is -0.467 e. The molecule has 1 amide bonds. The summed E-state index contributed by atoms with van der Waals surface area (Å²) in [5, 5.41) is 0. The summed E-state index contributed by atoms with van der Waals surface area (Å²) < 4.78 is 20.7. The molecule has 0 unspecified atom stereocenters. The van der Waals surface area contributed by atoms with E-state index < -0.39 is 23.9 Å². The van der Waals surface area contributed by atoms with Gasteiger partial charge in [0.2, 0.25) is 0 Å². The molecule has 0 saturated carbocycles. The van der Waals surface area contributed by atoms with Crippen LogP contribution in [0.1, 0.15) is 20.8 Å². The Morgan fingerprint density at radius 2 is 2.11 bits per heavy atom. The molecule has 2 aliphatic heterocycles. The van der Waals surface area contributed by atoms with Gasteiger partial charge in [-0.1, -0.05) is 0 Å². The number of methoxy groups -OCH3 is 1. The van der Waals surface area contributed by atoms with Crippen molar-refractivity contribution in [1.82, 2.24) is 4.90 Å². The van der Waals surface area contributed by atoms with Crippen molar-refractivity contribution < 1.29 is 28.5 Å². The highest BCUT2D eigenvalue weighted by molar-refractivity contribution is 5.88. The summed E-state index contributed by atoms with van der Waals surface area (Å²) in [5.74, 6) is -1.17. The molecule has 108 valence electrons. The highest BCUT2D eigenvalue weighted by Gasteiger charge is 2.63. The number of ether oxygens (including phenoxy) is 4. The third-order valence-electron chi connectivity index (χ3n) is 3.19. The number of hydrogen-bond donors (Lipinski definition) is 0. The van der Waals surface area contributed by atoms with Crippen LogP contribution in [0.2, 0.25) is 0 Å². The number of carbonyl (C=O) groups is 2. The summed E-state index contributed by atoms with van der Waals surface area (Å²) >= 11 is 0. The molecule has 0 spiro atoms. The summed E-state index contributed by atoms with van der Waals surface area (Å²) in [6, 6.07) is -1.03. The Labute approximate surface area is 111 Å². The Bertz CT molecular complexity index is 382. The van der Waals surface area contributed by atoms with Gasteiger partial charge < -0.3 is 18.9 Å². The summed E-state index contributed by atoms with van der Waals surface area (Å²) in [5.41, 5.74) is 0. The molecular weight excluding hydrogens is 254 g/mol. The van der Waals surface area contributed by atoms with Gasteiger partial charge in [0.15, 0.2) is 11.8 Å². The number of nitrogens with zero attached hydrogens (tertiary/aromatic N) is 1. The quantitative estimate of drug-likeness (QED) is 0.551. The first kappa shape index (κ1) is 14.1. The second-order valence-electron chi connectivity index (χ2n) is 4.93. The van der Waals surface area contributed by atoms with E-state index in [4.69, 9.17) is 14.2 Å². The smallest absolute Gasteiger partial charge is 0.411 e. The van der Waals surface area contributed by atoms with Gasteiger partial charge in [-0.15, -0.1) is 0 Å². The molecule has 0 aromatic heterocycles. The fourth-order valence-corrected chi connectivity index (χ4v) is 2.32. The van der Waals surface area contributed by atoms with Gasteiger partial charge in [-0.05, 0) is 20.8 Å². The molecule has 0 aliphatic carbocycles. The van der Waals surface area contributed by atoms with E-state index in [1.54, 1.807) is 20.8 Å². The van der Waals surface area contributed by atoms with Gasteiger partial charge in [-0.3, -0.25) is 4.90 Å². The lowest BCUT2D eigenvalue weighted by Crippen LogP contribution is -2.28. The van der Waals surface area contributed by atoms with Crippen molar-refractivity contribution in [2.24, 2.45) is 0 Å². The van der Waals surface area contributed by atoms with E-state index >= 15 is 0 Å². The van der Waals surface area contributed by atoms with E-state index in [0.717, 1.165) is 0 Å². The SMILES string of the molecule is CCOC(=O)N1[C@H]([C@H]2COC(C)(C)O2)[C@H]1C(=O)OC. The number of amides is 1. The summed E-state index contributed by atoms with van der Waals surface area (Å²) in [7, 11) is 1.29. The normalized spacial score (nSPS) is 32.0. The number of hydrogen-bond acceptors (Lipinski definition) is 6. The number of rotatable bonds is 3. The van der Waals surface area contributed by atoms with Crippen LogP contribution in [0.4, 0.5) is 4.79 Å². The Balaban J connectivity index is 2.06. The van der Waals surface area contributed by atoms with Crippen molar-refractivity contribution >= 4 is 12.1 Å². The molecule has 2 saturated heterocycles. The molecule has 3 atom stereocenters. The predicted molar refractivity (Wildman–Crippen MR) is 63.4 cm³/mol. The van der Waals surface area contributed by atoms with Crippen LogP contribution in [0.5, 0.6) is 0 Å². The maximum Gasteiger partial charge on any atom is 0.411 e. The molecule has 2 aliphatic rings. The van der Waals surface area contributed by atoms with Gasteiger partial charge in [0, 0.05) is 0 Å². The zero-order chi connectivity index (χ0) is 14.2. The standard InChI is InChI=1S/C12H19NO6/c1-5-17-11(15)13-8(9(13)10(14)16-4)7-6-18-12(2,3)19-7/h7-9H,5-6H2,1-4H3/t7-,8-,9+,13?/m1/s1. The van der Waals surface area contributed by atoms with Gasteiger partial charge >= 0.3 is 12.1 Å². The zero-order valence-corrected chi connectivity index (χ0v) is 11.5. The van der Waals surface area contributed by atoms with Crippen molar-refractivity contribution in [1.29, 1.82) is 0 Å². The number of carbonyl (C=O) groups excluding carboxylic acids is 2. The first-order valence-electron chi connectivity index (χ1n) is 6.26. The molecule has 0 aromatic carbocycles. The second kappa shape index (κ2) is 4.97. The molecule has 7 nitrogen and oxygen atoms in total. The van der Waals surface area contributed by atoms with E-state index in [1.807, 2.05) is 0 Å². The molecule has 0 radical (unpaired) electrons. The lowest BCUT2D eigenvalue weighted by atomic mass is 10.2. The predicted octanol–water partition coefficient (Wildman–Crippen LogP) is 0.520. The third kappa shape index (κ3) is 2.66. The summed E-state index contributed by atoms with van der Waals surface area (Å²) in [6.07, 6.45) is -0.875. The van der Waals surface area contributed by atoms with Gasteiger partial charge in [-0.2, -0.15) is 0 Å². The average Bonchev–Trinajstić information content (AvgIpc) is 3.00. The van der Waals surface area contributed by atoms with E-state index in [1.165, 1.54) is 12.0 Å². The molecule has 2 fully saturated rings. The Morgan fingerprint density at radius 1 is 1.42 bits per heavy atom. The first-order chi connectivity index (χ1) is 8.91. The topological polar surface area (TPSA) is 74.1 Å². The van der Waals surface area contributed by atoms with Crippen LogP contribution in [0.25, 0.3) is 0 Å². The molecule has 2 rings (SSSR count). The van der Waals surface area contributed by atoms with E-state index in [9.17, 15) is 9.59 Å². The van der Waals surface area contributed by atoms with Crippen LogP contribution in [0, 0.1) is 0 Å². The van der Waals surface area contributed by atoms with Gasteiger partial charge in [0.25, 0.3) is 0 Å².